The zero-order valence-electron chi connectivity index (χ0n) is 9.04. The van der Waals surface area contributed by atoms with Crippen LogP contribution in [-0.2, 0) is 0 Å². The average molecular weight is 197 g/mol. The van der Waals surface area contributed by atoms with Crippen LogP contribution in [0.1, 0.15) is 57.8 Å². The molecule has 0 aromatic heterocycles. The highest BCUT2D eigenvalue weighted by Crippen LogP contribution is 2.23. The van der Waals surface area contributed by atoms with Crippen molar-refractivity contribution in [2.75, 3.05) is 0 Å². The van der Waals surface area contributed by atoms with Gasteiger partial charge in [0.05, 0.1) is 6.10 Å². The molecular weight excluding hydrogens is 174 g/mol. The van der Waals surface area contributed by atoms with E-state index in [0.29, 0.717) is 6.04 Å². The van der Waals surface area contributed by atoms with Crippen LogP contribution >= 0.6 is 0 Å². The van der Waals surface area contributed by atoms with E-state index in [1.54, 1.807) is 0 Å². The normalized spacial score (nSPS) is 35.8. The molecule has 2 fully saturated rings. The van der Waals surface area contributed by atoms with E-state index in [1.165, 1.54) is 44.9 Å². The van der Waals surface area contributed by atoms with Crippen LogP contribution < -0.4 is 5.32 Å². The van der Waals surface area contributed by atoms with Gasteiger partial charge >= 0.3 is 0 Å². The molecule has 0 aromatic carbocycles. The fraction of sp³-hybridized carbons (Fsp3) is 1.00. The van der Waals surface area contributed by atoms with Crippen LogP contribution in [0, 0.1) is 0 Å². The Morgan fingerprint density at radius 1 is 0.786 bits per heavy atom. The van der Waals surface area contributed by atoms with Gasteiger partial charge in [-0.2, -0.15) is 0 Å². The van der Waals surface area contributed by atoms with Crippen molar-refractivity contribution in [2.24, 2.45) is 0 Å². The van der Waals surface area contributed by atoms with Crippen molar-refractivity contribution in [3.63, 3.8) is 0 Å². The quantitative estimate of drug-likeness (QED) is 0.711. The molecule has 0 aromatic rings. The molecule has 2 heteroatoms. The minimum Gasteiger partial charge on any atom is -0.393 e. The number of hydrogen-bond acceptors (Lipinski definition) is 2. The van der Waals surface area contributed by atoms with Crippen LogP contribution in [0.25, 0.3) is 0 Å². The molecule has 0 atom stereocenters. The zero-order chi connectivity index (χ0) is 9.80. The van der Waals surface area contributed by atoms with Gasteiger partial charge in [-0.1, -0.05) is 32.1 Å². The van der Waals surface area contributed by atoms with Crippen molar-refractivity contribution < 1.29 is 5.11 Å². The van der Waals surface area contributed by atoms with Crippen molar-refractivity contribution >= 4 is 0 Å². The van der Waals surface area contributed by atoms with Crippen LogP contribution in [-0.4, -0.2) is 23.3 Å². The molecule has 0 unspecified atom stereocenters. The molecule has 0 radical (unpaired) electrons. The van der Waals surface area contributed by atoms with Crippen molar-refractivity contribution in [1.29, 1.82) is 0 Å². The smallest absolute Gasteiger partial charge is 0.0570 e. The number of aliphatic hydroxyl groups excluding tert-OH is 1. The van der Waals surface area contributed by atoms with Crippen molar-refractivity contribution in [2.45, 2.75) is 76.0 Å². The summed E-state index contributed by atoms with van der Waals surface area (Å²) in [6.45, 7) is 0. The SMILES string of the molecule is OC1CC(NC2CCCCCCC2)C1. The number of rotatable bonds is 2. The Morgan fingerprint density at radius 2 is 1.36 bits per heavy atom. The van der Waals surface area contributed by atoms with E-state index in [-0.39, 0.29) is 6.10 Å². The minimum atomic E-state index is -0.0129. The Morgan fingerprint density at radius 3 is 1.93 bits per heavy atom. The summed E-state index contributed by atoms with van der Waals surface area (Å²) in [5.74, 6) is 0. The Kier molecular flexibility index (Phi) is 3.82. The summed E-state index contributed by atoms with van der Waals surface area (Å²) in [5, 5.41) is 12.9. The van der Waals surface area contributed by atoms with Gasteiger partial charge in [0.25, 0.3) is 0 Å². The van der Waals surface area contributed by atoms with Crippen molar-refractivity contribution in [3.8, 4) is 0 Å². The maximum Gasteiger partial charge on any atom is 0.0570 e. The molecule has 2 aliphatic carbocycles. The van der Waals surface area contributed by atoms with Crippen LogP contribution in [0.15, 0.2) is 0 Å². The molecule has 82 valence electrons. The van der Waals surface area contributed by atoms with Crippen molar-refractivity contribution in [1.82, 2.24) is 5.32 Å². The summed E-state index contributed by atoms with van der Waals surface area (Å²) < 4.78 is 0. The first-order valence-electron chi connectivity index (χ1n) is 6.29. The molecule has 2 nitrogen and oxygen atoms in total. The monoisotopic (exact) mass is 197 g/mol. The van der Waals surface area contributed by atoms with Crippen LogP contribution in [0.4, 0.5) is 0 Å². The summed E-state index contributed by atoms with van der Waals surface area (Å²) in [6.07, 6.45) is 11.7. The summed E-state index contributed by atoms with van der Waals surface area (Å²) >= 11 is 0. The Hall–Kier alpha value is -0.0800. The average Bonchev–Trinajstić information content (AvgIpc) is 2.06. The lowest BCUT2D eigenvalue weighted by Crippen LogP contribution is -2.48. The molecule has 2 saturated carbocycles. The molecule has 2 rings (SSSR count). The Labute approximate surface area is 87.1 Å². The molecule has 0 aliphatic heterocycles. The van der Waals surface area contributed by atoms with E-state index in [1.807, 2.05) is 0 Å². The molecule has 0 spiro atoms. The molecule has 2 aliphatic rings. The maximum absolute atomic E-state index is 9.21. The topological polar surface area (TPSA) is 32.3 Å². The summed E-state index contributed by atoms with van der Waals surface area (Å²) in [7, 11) is 0. The van der Waals surface area contributed by atoms with E-state index >= 15 is 0 Å². The first-order chi connectivity index (χ1) is 6.84. The molecule has 0 heterocycles. The van der Waals surface area contributed by atoms with E-state index in [4.69, 9.17) is 0 Å². The highest BCUT2D eigenvalue weighted by Gasteiger charge is 2.28. The third-order valence-corrected chi connectivity index (χ3v) is 3.69. The van der Waals surface area contributed by atoms with Gasteiger partial charge in [0.1, 0.15) is 0 Å². The van der Waals surface area contributed by atoms with Gasteiger partial charge in [0.15, 0.2) is 0 Å². The first-order valence-corrected chi connectivity index (χ1v) is 6.29. The summed E-state index contributed by atoms with van der Waals surface area (Å²) in [5.41, 5.74) is 0. The number of nitrogens with one attached hydrogen (secondary N) is 1. The molecule has 0 amide bonds. The first kappa shape index (κ1) is 10.4. The highest BCUT2D eigenvalue weighted by molar-refractivity contribution is 4.87. The van der Waals surface area contributed by atoms with Gasteiger partial charge < -0.3 is 10.4 Å². The predicted molar refractivity (Wildman–Crippen MR) is 58.3 cm³/mol. The van der Waals surface area contributed by atoms with Gasteiger partial charge in [-0.05, 0) is 25.7 Å². The van der Waals surface area contributed by atoms with E-state index < -0.39 is 0 Å². The highest BCUT2D eigenvalue weighted by atomic mass is 16.3. The van der Waals surface area contributed by atoms with Gasteiger partial charge in [-0.3, -0.25) is 0 Å². The molecule has 0 saturated heterocycles. The second-order valence-corrected chi connectivity index (χ2v) is 5.03. The van der Waals surface area contributed by atoms with Crippen LogP contribution in [0.2, 0.25) is 0 Å². The maximum atomic E-state index is 9.21. The number of hydrogen-bond donors (Lipinski definition) is 2. The van der Waals surface area contributed by atoms with E-state index in [2.05, 4.69) is 5.32 Å². The molecule has 14 heavy (non-hydrogen) atoms. The fourth-order valence-corrected chi connectivity index (χ4v) is 2.68. The van der Waals surface area contributed by atoms with Gasteiger partial charge in [0.2, 0.25) is 0 Å². The van der Waals surface area contributed by atoms with Crippen LogP contribution in [0.3, 0.4) is 0 Å². The van der Waals surface area contributed by atoms with Gasteiger partial charge in [-0.15, -0.1) is 0 Å². The molecule has 2 N–H and O–H groups in total. The number of aliphatic hydroxyl groups is 1. The lowest BCUT2D eigenvalue weighted by atomic mass is 9.87. The largest absolute Gasteiger partial charge is 0.393 e. The third kappa shape index (κ3) is 2.96. The second kappa shape index (κ2) is 5.13. The van der Waals surface area contributed by atoms with Crippen molar-refractivity contribution in [3.05, 3.63) is 0 Å². The van der Waals surface area contributed by atoms with E-state index in [0.717, 1.165) is 18.9 Å². The minimum absolute atomic E-state index is 0.0129. The van der Waals surface area contributed by atoms with Gasteiger partial charge in [0, 0.05) is 12.1 Å². The molecule has 0 bridgehead atoms. The fourth-order valence-electron chi connectivity index (χ4n) is 2.68. The van der Waals surface area contributed by atoms with E-state index in [9.17, 15) is 5.11 Å². The Bertz CT molecular complexity index is 158. The third-order valence-electron chi connectivity index (χ3n) is 3.69. The summed E-state index contributed by atoms with van der Waals surface area (Å²) in [4.78, 5) is 0. The van der Waals surface area contributed by atoms with Gasteiger partial charge in [-0.25, -0.2) is 0 Å². The zero-order valence-corrected chi connectivity index (χ0v) is 9.04. The standard InChI is InChI=1S/C12H23NO/c14-12-8-11(9-12)13-10-6-4-2-1-3-5-7-10/h10-14H,1-9H2. The lowest BCUT2D eigenvalue weighted by molar-refractivity contribution is 0.0561. The van der Waals surface area contributed by atoms with Crippen LogP contribution in [0.5, 0.6) is 0 Å². The molecular formula is C12H23NO. The Balaban J connectivity index is 1.67. The predicted octanol–water partition coefficient (Wildman–Crippen LogP) is 2.21. The second-order valence-electron chi connectivity index (χ2n) is 5.03. The summed E-state index contributed by atoms with van der Waals surface area (Å²) in [6, 6.07) is 1.36. The lowest BCUT2D eigenvalue weighted by Gasteiger charge is -2.36.